The number of amides is 2. The first kappa shape index (κ1) is 24.0. The van der Waals surface area contributed by atoms with Crippen molar-refractivity contribution >= 4 is 23.5 Å². The Bertz CT molecular complexity index is 992. The maximum Gasteiger partial charge on any atom is 0.308 e. The van der Waals surface area contributed by atoms with Crippen LogP contribution in [0.2, 0.25) is 0 Å². The van der Waals surface area contributed by atoms with Crippen LogP contribution < -0.4 is 15.0 Å². The number of piperazine rings is 1. The van der Waals surface area contributed by atoms with Crippen LogP contribution in [0.5, 0.6) is 5.75 Å². The zero-order chi connectivity index (χ0) is 23.8. The number of carbonyl (C=O) groups excluding carboxylic acids is 3. The number of hydrogen-bond donors (Lipinski definition) is 1. The molecule has 2 aromatic rings. The predicted octanol–water partition coefficient (Wildman–Crippen LogP) is 1.99. The highest BCUT2D eigenvalue weighted by molar-refractivity contribution is 5.94. The molecule has 2 amide bonds. The fraction of sp³-hybridized carbons (Fsp3) is 0.348. The first-order valence-corrected chi connectivity index (χ1v) is 10.4. The van der Waals surface area contributed by atoms with Gasteiger partial charge in [-0.1, -0.05) is 0 Å². The lowest BCUT2D eigenvalue weighted by Crippen LogP contribution is -2.49. The van der Waals surface area contributed by atoms with E-state index in [-0.39, 0.29) is 31.0 Å². The number of carbonyl (C=O) groups is 3. The van der Waals surface area contributed by atoms with Crippen LogP contribution >= 0.6 is 0 Å². The maximum absolute atomic E-state index is 13.6. The molecule has 0 spiro atoms. The molecular weight excluding hydrogens is 436 g/mol. The first-order valence-electron chi connectivity index (χ1n) is 10.4. The van der Waals surface area contributed by atoms with Crippen LogP contribution in [0.15, 0.2) is 42.5 Å². The SMILES string of the molecule is COc1ccc(N2CCN(C(=O)COC(=O)CCNC(=O)c3ccc(F)cc3F)CC2)cc1. The Morgan fingerprint density at radius 1 is 1.00 bits per heavy atom. The van der Waals surface area contributed by atoms with Crippen molar-refractivity contribution in [1.29, 1.82) is 0 Å². The molecule has 176 valence electrons. The number of methoxy groups -OCH3 is 1. The molecule has 2 aromatic carbocycles. The number of anilines is 1. The van der Waals surface area contributed by atoms with Gasteiger partial charge in [0.05, 0.1) is 19.1 Å². The molecule has 0 radical (unpaired) electrons. The van der Waals surface area contributed by atoms with E-state index in [1.165, 1.54) is 0 Å². The monoisotopic (exact) mass is 461 g/mol. The van der Waals surface area contributed by atoms with E-state index in [4.69, 9.17) is 9.47 Å². The number of nitrogens with zero attached hydrogens (tertiary/aromatic N) is 2. The number of nitrogens with one attached hydrogen (secondary N) is 1. The maximum atomic E-state index is 13.6. The molecule has 0 atom stereocenters. The average molecular weight is 461 g/mol. The standard InChI is InChI=1S/C23H25F2N3O5/c1-32-18-5-3-17(4-6-18)27-10-12-28(13-11-27)21(29)15-33-22(30)8-9-26-23(31)19-7-2-16(24)14-20(19)25/h2-7,14H,8-13,15H2,1H3,(H,26,31). The molecule has 0 aromatic heterocycles. The van der Waals surface area contributed by atoms with Crippen molar-refractivity contribution in [2.75, 3.05) is 51.3 Å². The summed E-state index contributed by atoms with van der Waals surface area (Å²) < 4.78 is 36.6. The van der Waals surface area contributed by atoms with Crippen LogP contribution in [0.1, 0.15) is 16.8 Å². The fourth-order valence-electron chi connectivity index (χ4n) is 3.36. The number of hydrogen-bond acceptors (Lipinski definition) is 6. The van der Waals surface area contributed by atoms with E-state index in [1.807, 2.05) is 24.3 Å². The van der Waals surface area contributed by atoms with Gasteiger partial charge in [0.15, 0.2) is 6.61 Å². The number of ether oxygens (including phenoxy) is 2. The molecule has 0 bridgehead atoms. The smallest absolute Gasteiger partial charge is 0.308 e. The van der Waals surface area contributed by atoms with Crippen LogP contribution in [0.3, 0.4) is 0 Å². The lowest BCUT2D eigenvalue weighted by Gasteiger charge is -2.36. The van der Waals surface area contributed by atoms with Gasteiger partial charge in [-0.15, -0.1) is 0 Å². The minimum absolute atomic E-state index is 0.108. The molecule has 1 aliphatic heterocycles. The summed E-state index contributed by atoms with van der Waals surface area (Å²) in [5.41, 5.74) is 0.714. The Balaban J connectivity index is 1.34. The summed E-state index contributed by atoms with van der Waals surface area (Å²) in [5.74, 6) is -2.75. The minimum atomic E-state index is -0.993. The van der Waals surface area contributed by atoms with Gasteiger partial charge in [0.2, 0.25) is 0 Å². The van der Waals surface area contributed by atoms with Crippen molar-refractivity contribution in [2.24, 2.45) is 0 Å². The molecule has 0 saturated carbocycles. The molecule has 0 unspecified atom stereocenters. The second kappa shape index (κ2) is 11.3. The Morgan fingerprint density at radius 2 is 1.70 bits per heavy atom. The predicted molar refractivity (Wildman–Crippen MR) is 116 cm³/mol. The molecule has 33 heavy (non-hydrogen) atoms. The van der Waals surface area contributed by atoms with Gasteiger partial charge >= 0.3 is 5.97 Å². The van der Waals surface area contributed by atoms with Crippen LogP contribution in [-0.4, -0.2) is 69.1 Å². The molecule has 3 rings (SSSR count). The van der Waals surface area contributed by atoms with E-state index in [2.05, 4.69) is 10.2 Å². The number of benzene rings is 2. The third kappa shape index (κ3) is 6.64. The molecule has 1 heterocycles. The fourth-order valence-corrected chi connectivity index (χ4v) is 3.36. The van der Waals surface area contributed by atoms with Gasteiger partial charge in [0.25, 0.3) is 11.8 Å². The number of halogens is 2. The zero-order valence-electron chi connectivity index (χ0n) is 18.2. The van der Waals surface area contributed by atoms with Crippen molar-refractivity contribution in [3.63, 3.8) is 0 Å². The Morgan fingerprint density at radius 3 is 2.33 bits per heavy atom. The summed E-state index contributed by atoms with van der Waals surface area (Å²) >= 11 is 0. The van der Waals surface area contributed by atoms with E-state index in [1.54, 1.807) is 12.0 Å². The molecule has 8 nitrogen and oxygen atoms in total. The normalized spacial score (nSPS) is 13.4. The van der Waals surface area contributed by atoms with E-state index >= 15 is 0 Å². The highest BCUT2D eigenvalue weighted by Gasteiger charge is 2.22. The van der Waals surface area contributed by atoms with E-state index in [0.29, 0.717) is 32.2 Å². The summed E-state index contributed by atoms with van der Waals surface area (Å²) in [6.07, 6.45) is -0.187. The van der Waals surface area contributed by atoms with Gasteiger partial charge in [-0.25, -0.2) is 8.78 Å². The summed E-state index contributed by atoms with van der Waals surface area (Å²) in [6.45, 7) is 1.81. The molecule has 10 heteroatoms. The second-order valence-corrected chi connectivity index (χ2v) is 7.36. The van der Waals surface area contributed by atoms with Crippen molar-refractivity contribution in [2.45, 2.75) is 6.42 Å². The molecule has 1 saturated heterocycles. The molecular formula is C23H25F2N3O5. The summed E-state index contributed by atoms with van der Waals surface area (Å²) in [4.78, 5) is 39.9. The lowest BCUT2D eigenvalue weighted by atomic mass is 10.2. The highest BCUT2D eigenvalue weighted by atomic mass is 19.1. The van der Waals surface area contributed by atoms with E-state index in [0.717, 1.165) is 23.6 Å². The lowest BCUT2D eigenvalue weighted by molar-refractivity contribution is -0.152. The van der Waals surface area contributed by atoms with Gasteiger partial charge in [0.1, 0.15) is 17.4 Å². The third-order valence-corrected chi connectivity index (χ3v) is 5.22. The Kier molecular flexibility index (Phi) is 8.17. The largest absolute Gasteiger partial charge is 0.497 e. The quantitative estimate of drug-likeness (QED) is 0.605. The molecule has 1 fully saturated rings. The van der Waals surface area contributed by atoms with E-state index in [9.17, 15) is 23.2 Å². The van der Waals surface area contributed by atoms with Crippen molar-refractivity contribution in [1.82, 2.24) is 10.2 Å². The summed E-state index contributed by atoms with van der Waals surface area (Å²) in [6, 6.07) is 10.3. The van der Waals surface area contributed by atoms with Gasteiger partial charge in [-0.05, 0) is 36.4 Å². The van der Waals surface area contributed by atoms with Gasteiger partial charge in [-0.2, -0.15) is 0 Å². The highest BCUT2D eigenvalue weighted by Crippen LogP contribution is 2.20. The molecule has 1 aliphatic rings. The average Bonchev–Trinajstić information content (AvgIpc) is 2.82. The van der Waals surface area contributed by atoms with Crippen molar-refractivity contribution in [3.8, 4) is 5.75 Å². The van der Waals surface area contributed by atoms with Gasteiger partial charge in [0, 0.05) is 44.5 Å². The zero-order valence-corrected chi connectivity index (χ0v) is 18.2. The number of rotatable bonds is 8. The molecule has 1 N–H and O–H groups in total. The van der Waals surface area contributed by atoms with Gasteiger partial charge in [-0.3, -0.25) is 14.4 Å². The second-order valence-electron chi connectivity index (χ2n) is 7.36. The van der Waals surface area contributed by atoms with Crippen LogP contribution in [-0.2, 0) is 14.3 Å². The topological polar surface area (TPSA) is 88.2 Å². The summed E-state index contributed by atoms with van der Waals surface area (Å²) in [7, 11) is 1.61. The minimum Gasteiger partial charge on any atom is -0.497 e. The first-order chi connectivity index (χ1) is 15.9. The Hall–Kier alpha value is -3.69. The molecule has 0 aliphatic carbocycles. The van der Waals surface area contributed by atoms with Crippen molar-refractivity contribution < 1.29 is 32.6 Å². The van der Waals surface area contributed by atoms with Crippen LogP contribution in [0.25, 0.3) is 0 Å². The van der Waals surface area contributed by atoms with Crippen LogP contribution in [0, 0.1) is 11.6 Å². The van der Waals surface area contributed by atoms with Crippen LogP contribution in [0.4, 0.5) is 14.5 Å². The van der Waals surface area contributed by atoms with E-state index < -0.39 is 23.5 Å². The van der Waals surface area contributed by atoms with Crippen molar-refractivity contribution in [3.05, 3.63) is 59.7 Å². The van der Waals surface area contributed by atoms with Gasteiger partial charge < -0.3 is 24.6 Å². The third-order valence-electron chi connectivity index (χ3n) is 5.22. The Labute approximate surface area is 190 Å². The summed E-state index contributed by atoms with van der Waals surface area (Å²) in [5, 5.41) is 2.36. The number of esters is 1.